The van der Waals surface area contributed by atoms with Crippen LogP contribution in [0.1, 0.15) is 49.4 Å². The first kappa shape index (κ1) is 17.1. The molecule has 2 aliphatic rings. The van der Waals surface area contributed by atoms with Gasteiger partial charge in [-0.2, -0.15) is 5.26 Å². The summed E-state index contributed by atoms with van der Waals surface area (Å²) >= 11 is 0. The summed E-state index contributed by atoms with van der Waals surface area (Å²) in [5, 5.41) is 12.2. The average molecular weight is 344 g/mol. The first-order chi connectivity index (χ1) is 12.0. The Kier molecular flexibility index (Phi) is 4.79. The van der Waals surface area contributed by atoms with Gasteiger partial charge in [-0.1, -0.05) is 19.3 Å². The number of amides is 1. The second kappa shape index (κ2) is 7.01. The van der Waals surface area contributed by atoms with Gasteiger partial charge in [-0.15, -0.1) is 0 Å². The van der Waals surface area contributed by atoms with E-state index in [9.17, 15) is 14.9 Å². The van der Waals surface area contributed by atoms with Crippen molar-refractivity contribution in [2.24, 2.45) is 0 Å². The molecule has 1 fully saturated rings. The van der Waals surface area contributed by atoms with Crippen LogP contribution in [0.15, 0.2) is 18.2 Å². The van der Waals surface area contributed by atoms with Crippen molar-refractivity contribution in [1.82, 2.24) is 5.32 Å². The number of benzene rings is 1. The van der Waals surface area contributed by atoms with E-state index in [1.165, 1.54) is 13.0 Å². The fourth-order valence-corrected chi connectivity index (χ4v) is 3.06. The van der Waals surface area contributed by atoms with Crippen LogP contribution in [-0.4, -0.2) is 30.3 Å². The Labute approximate surface area is 145 Å². The molecule has 25 heavy (non-hydrogen) atoms. The first-order valence-electron chi connectivity index (χ1n) is 8.37. The Morgan fingerprint density at radius 1 is 1.24 bits per heavy atom. The molecule has 1 heterocycles. The number of hydrogen-bond acceptors (Lipinski definition) is 6. The molecule has 0 aromatic heterocycles. The lowest BCUT2D eigenvalue weighted by Crippen LogP contribution is -2.52. The molecular weight excluding hydrogens is 324 g/mol. The Balaban J connectivity index is 1.61. The minimum atomic E-state index is -0.995. The number of fused-ring (bicyclic) bond motifs is 1. The molecule has 0 spiro atoms. The van der Waals surface area contributed by atoms with E-state index in [1.54, 1.807) is 12.1 Å². The molecule has 0 bridgehead atoms. The number of carbonyl (C=O) groups excluding carboxylic acids is 2. The van der Waals surface area contributed by atoms with Crippen LogP contribution in [0.2, 0.25) is 0 Å². The van der Waals surface area contributed by atoms with E-state index in [-0.39, 0.29) is 12.4 Å². The maximum atomic E-state index is 12.3. The van der Waals surface area contributed by atoms with E-state index in [2.05, 4.69) is 11.4 Å². The summed E-state index contributed by atoms with van der Waals surface area (Å²) in [6, 6.07) is 6.91. The zero-order valence-corrected chi connectivity index (χ0v) is 14.0. The van der Waals surface area contributed by atoms with Crippen molar-refractivity contribution in [1.29, 1.82) is 5.26 Å². The molecule has 1 aliphatic carbocycles. The number of hydrogen-bond donors (Lipinski definition) is 1. The smallest absolute Gasteiger partial charge is 0.339 e. The summed E-state index contributed by atoms with van der Waals surface area (Å²) in [7, 11) is 0. The molecule has 1 aromatic carbocycles. The van der Waals surface area contributed by atoms with Gasteiger partial charge in [0.1, 0.15) is 5.54 Å². The molecule has 1 saturated carbocycles. The van der Waals surface area contributed by atoms with Crippen molar-refractivity contribution in [3.05, 3.63) is 23.8 Å². The van der Waals surface area contributed by atoms with Crippen molar-refractivity contribution in [3.8, 4) is 17.6 Å². The van der Waals surface area contributed by atoms with Crippen LogP contribution in [0.5, 0.6) is 11.5 Å². The van der Waals surface area contributed by atoms with Crippen molar-refractivity contribution in [2.45, 2.75) is 50.7 Å². The van der Waals surface area contributed by atoms with E-state index >= 15 is 0 Å². The molecule has 1 aromatic rings. The zero-order chi connectivity index (χ0) is 17.9. The SMILES string of the molecule is C[C@H](OC(=O)c1ccc2c(c1)OCO2)C(=O)NC1(C#N)CCCCC1. The van der Waals surface area contributed by atoms with E-state index in [0.29, 0.717) is 24.3 Å². The number of ether oxygens (including phenoxy) is 3. The Hall–Kier alpha value is -2.75. The van der Waals surface area contributed by atoms with E-state index < -0.39 is 23.5 Å². The fraction of sp³-hybridized carbons (Fsp3) is 0.500. The third-order valence-electron chi connectivity index (χ3n) is 4.54. The normalized spacial score (nSPS) is 18.7. The lowest BCUT2D eigenvalue weighted by atomic mass is 9.83. The van der Waals surface area contributed by atoms with Gasteiger partial charge in [0.2, 0.25) is 6.79 Å². The van der Waals surface area contributed by atoms with Gasteiger partial charge in [0.05, 0.1) is 11.6 Å². The first-order valence-corrected chi connectivity index (χ1v) is 8.37. The highest BCUT2D eigenvalue weighted by molar-refractivity contribution is 5.93. The minimum absolute atomic E-state index is 0.114. The maximum absolute atomic E-state index is 12.3. The van der Waals surface area contributed by atoms with Gasteiger partial charge in [-0.25, -0.2) is 4.79 Å². The Morgan fingerprint density at radius 2 is 1.96 bits per heavy atom. The summed E-state index contributed by atoms with van der Waals surface area (Å²) in [6.07, 6.45) is 3.12. The number of carbonyl (C=O) groups is 2. The third kappa shape index (κ3) is 3.68. The van der Waals surface area contributed by atoms with Gasteiger partial charge in [0.15, 0.2) is 17.6 Å². The molecule has 3 rings (SSSR count). The Bertz CT molecular complexity index is 719. The van der Waals surface area contributed by atoms with Gasteiger partial charge in [-0.3, -0.25) is 4.79 Å². The molecule has 132 valence electrons. The van der Waals surface area contributed by atoms with Crippen molar-refractivity contribution < 1.29 is 23.8 Å². The summed E-state index contributed by atoms with van der Waals surface area (Å²) in [4.78, 5) is 24.6. The van der Waals surface area contributed by atoms with Gasteiger partial charge < -0.3 is 19.5 Å². The summed E-state index contributed by atoms with van der Waals surface area (Å²) in [5.74, 6) is -0.0547. The summed E-state index contributed by atoms with van der Waals surface area (Å²) < 4.78 is 15.6. The zero-order valence-electron chi connectivity index (χ0n) is 14.0. The predicted molar refractivity (Wildman–Crippen MR) is 87.0 cm³/mol. The minimum Gasteiger partial charge on any atom is -0.454 e. The van der Waals surface area contributed by atoms with Gasteiger partial charge in [-0.05, 0) is 38.0 Å². The quantitative estimate of drug-likeness (QED) is 0.842. The average Bonchev–Trinajstić information content (AvgIpc) is 3.10. The number of rotatable bonds is 4. The second-order valence-electron chi connectivity index (χ2n) is 6.36. The number of esters is 1. The second-order valence-corrected chi connectivity index (χ2v) is 6.36. The highest BCUT2D eigenvalue weighted by Crippen LogP contribution is 2.32. The fourth-order valence-electron chi connectivity index (χ4n) is 3.06. The summed E-state index contributed by atoms with van der Waals surface area (Å²) in [6.45, 7) is 1.61. The van der Waals surface area contributed by atoms with E-state index in [0.717, 1.165) is 19.3 Å². The van der Waals surface area contributed by atoms with Crippen molar-refractivity contribution in [2.75, 3.05) is 6.79 Å². The number of nitrogens with zero attached hydrogens (tertiary/aromatic N) is 1. The third-order valence-corrected chi connectivity index (χ3v) is 4.54. The van der Waals surface area contributed by atoms with Crippen LogP contribution in [0.25, 0.3) is 0 Å². The molecule has 1 aliphatic heterocycles. The molecule has 1 atom stereocenters. The van der Waals surface area contributed by atoms with Crippen LogP contribution in [0.4, 0.5) is 0 Å². The lowest BCUT2D eigenvalue weighted by Gasteiger charge is -2.32. The van der Waals surface area contributed by atoms with Gasteiger partial charge >= 0.3 is 5.97 Å². The molecule has 1 N–H and O–H groups in total. The number of nitriles is 1. The maximum Gasteiger partial charge on any atom is 0.339 e. The van der Waals surface area contributed by atoms with Crippen LogP contribution in [0.3, 0.4) is 0 Å². The van der Waals surface area contributed by atoms with Crippen molar-refractivity contribution >= 4 is 11.9 Å². The topological polar surface area (TPSA) is 97.7 Å². The molecule has 0 saturated heterocycles. The standard InChI is InChI=1S/C18H20N2O5/c1-12(16(21)20-18(10-19)7-3-2-4-8-18)25-17(22)13-5-6-14-15(9-13)24-11-23-14/h5-6,9,12H,2-4,7-8,11H2,1H3,(H,20,21)/t12-/m0/s1. The molecular formula is C18H20N2O5. The van der Waals surface area contributed by atoms with Crippen LogP contribution < -0.4 is 14.8 Å². The van der Waals surface area contributed by atoms with Crippen LogP contribution in [-0.2, 0) is 9.53 Å². The lowest BCUT2D eigenvalue weighted by molar-refractivity contribution is -0.130. The molecule has 0 radical (unpaired) electrons. The van der Waals surface area contributed by atoms with Gasteiger partial charge in [0.25, 0.3) is 5.91 Å². The summed E-state index contributed by atoms with van der Waals surface area (Å²) in [5.41, 5.74) is -0.578. The van der Waals surface area contributed by atoms with Crippen LogP contribution in [0, 0.1) is 11.3 Å². The largest absolute Gasteiger partial charge is 0.454 e. The molecule has 1 amide bonds. The monoisotopic (exact) mass is 344 g/mol. The van der Waals surface area contributed by atoms with E-state index in [1.807, 2.05) is 0 Å². The molecule has 7 heteroatoms. The molecule has 0 unspecified atom stereocenters. The van der Waals surface area contributed by atoms with E-state index in [4.69, 9.17) is 14.2 Å². The van der Waals surface area contributed by atoms with Crippen LogP contribution >= 0.6 is 0 Å². The van der Waals surface area contributed by atoms with Crippen molar-refractivity contribution in [3.63, 3.8) is 0 Å². The highest BCUT2D eigenvalue weighted by Gasteiger charge is 2.35. The predicted octanol–water partition coefficient (Wildman–Crippen LogP) is 2.30. The Morgan fingerprint density at radius 3 is 2.68 bits per heavy atom. The highest BCUT2D eigenvalue weighted by atomic mass is 16.7. The van der Waals surface area contributed by atoms with Gasteiger partial charge in [0, 0.05) is 0 Å². The molecule has 7 nitrogen and oxygen atoms in total. The number of nitrogens with one attached hydrogen (secondary N) is 1.